The molecule has 3 aromatic rings. The third kappa shape index (κ3) is 5.67. The monoisotopic (exact) mass is 503 g/mol. The van der Waals surface area contributed by atoms with E-state index in [-0.39, 0.29) is 17.0 Å². The summed E-state index contributed by atoms with van der Waals surface area (Å²) in [6, 6.07) is 16.8. The van der Waals surface area contributed by atoms with Gasteiger partial charge in [0, 0.05) is 28.8 Å². The standard InChI is InChI=1S/C27H22ClN3O5/c1-35-24-10-6-17(14-25(24)36-2)23(32)15-22-27(34)31-21-13-18(5-9-20(21)30-22)26(33)29-12-11-16-3-7-19(28)8-4-16/h3-10,13-15H,11-12H2,1-2H3,(H,29,33)/b22-15-. The van der Waals surface area contributed by atoms with E-state index in [4.69, 9.17) is 21.1 Å². The first-order valence-corrected chi connectivity index (χ1v) is 11.4. The number of nitrogens with one attached hydrogen (secondary N) is 1. The number of halogens is 1. The van der Waals surface area contributed by atoms with Crippen LogP contribution in [0.25, 0.3) is 0 Å². The number of methoxy groups -OCH3 is 2. The zero-order valence-corrected chi connectivity index (χ0v) is 20.3. The molecule has 0 radical (unpaired) electrons. The molecule has 0 atom stereocenters. The number of rotatable bonds is 8. The number of carbonyl (C=O) groups is 3. The molecule has 182 valence electrons. The van der Waals surface area contributed by atoms with Crippen LogP contribution in [0.5, 0.6) is 11.5 Å². The van der Waals surface area contributed by atoms with E-state index < -0.39 is 11.7 Å². The summed E-state index contributed by atoms with van der Waals surface area (Å²) in [5.74, 6) is -0.522. The Labute approximate surface area is 211 Å². The number of carbonyl (C=O) groups excluding carboxylic acids is 3. The number of benzene rings is 3. The topological polar surface area (TPSA) is 106 Å². The summed E-state index contributed by atoms with van der Waals surface area (Å²) in [4.78, 5) is 46.1. The van der Waals surface area contributed by atoms with Gasteiger partial charge in [-0.1, -0.05) is 23.7 Å². The Morgan fingerprint density at radius 2 is 1.61 bits per heavy atom. The molecule has 0 saturated carbocycles. The predicted octanol–water partition coefficient (Wildman–Crippen LogP) is 2.88. The Bertz CT molecular complexity index is 1500. The maximum absolute atomic E-state index is 12.7. The van der Waals surface area contributed by atoms with Gasteiger partial charge >= 0.3 is 0 Å². The Kier molecular flexibility index (Phi) is 7.56. The van der Waals surface area contributed by atoms with E-state index in [0.29, 0.717) is 46.0 Å². The molecule has 0 spiro atoms. The third-order valence-electron chi connectivity index (χ3n) is 5.47. The van der Waals surface area contributed by atoms with Gasteiger partial charge in [0.05, 0.1) is 24.9 Å². The van der Waals surface area contributed by atoms with Gasteiger partial charge in [-0.25, -0.2) is 9.98 Å². The first-order valence-electron chi connectivity index (χ1n) is 11.0. The molecule has 9 heteroatoms. The zero-order chi connectivity index (χ0) is 25.7. The Hall–Kier alpha value is -4.30. The molecule has 3 aromatic carbocycles. The third-order valence-corrected chi connectivity index (χ3v) is 5.72. The highest BCUT2D eigenvalue weighted by Crippen LogP contribution is 2.28. The highest BCUT2D eigenvalue weighted by atomic mass is 35.5. The summed E-state index contributed by atoms with van der Waals surface area (Å²) >= 11 is 5.89. The molecule has 36 heavy (non-hydrogen) atoms. The van der Waals surface area contributed by atoms with E-state index in [2.05, 4.69) is 15.3 Å². The molecule has 8 nitrogen and oxygen atoms in total. The van der Waals surface area contributed by atoms with Gasteiger partial charge in [-0.2, -0.15) is 0 Å². The normalized spacial score (nSPS) is 13.3. The molecule has 4 rings (SSSR count). The van der Waals surface area contributed by atoms with Crippen LogP contribution in [-0.4, -0.2) is 38.4 Å². The van der Waals surface area contributed by atoms with Crippen molar-refractivity contribution in [1.29, 1.82) is 0 Å². The van der Waals surface area contributed by atoms with E-state index in [1.165, 1.54) is 26.4 Å². The summed E-state index contributed by atoms with van der Waals surface area (Å²) < 4.78 is 10.4. The van der Waals surface area contributed by atoms with Crippen molar-refractivity contribution in [3.63, 3.8) is 0 Å². The van der Waals surface area contributed by atoms with Gasteiger partial charge in [-0.15, -0.1) is 0 Å². The lowest BCUT2D eigenvalue weighted by Gasteiger charge is -2.09. The molecular weight excluding hydrogens is 482 g/mol. The van der Waals surface area contributed by atoms with Crippen LogP contribution in [0.2, 0.25) is 5.02 Å². The Morgan fingerprint density at radius 1 is 0.889 bits per heavy atom. The second-order valence-corrected chi connectivity index (χ2v) is 8.26. The lowest BCUT2D eigenvalue weighted by Crippen LogP contribution is -2.34. The first kappa shape index (κ1) is 24.8. The number of ketones is 1. The summed E-state index contributed by atoms with van der Waals surface area (Å²) in [7, 11) is 2.96. The van der Waals surface area contributed by atoms with Crippen LogP contribution in [0.3, 0.4) is 0 Å². The zero-order valence-electron chi connectivity index (χ0n) is 19.6. The quantitative estimate of drug-likeness (QED) is 0.376. The van der Waals surface area contributed by atoms with Crippen molar-refractivity contribution in [2.24, 2.45) is 9.98 Å². The van der Waals surface area contributed by atoms with Gasteiger partial charge in [0.2, 0.25) is 0 Å². The smallest absolute Gasteiger partial charge is 0.296 e. The fourth-order valence-corrected chi connectivity index (χ4v) is 3.68. The lowest BCUT2D eigenvalue weighted by atomic mass is 10.1. The molecule has 2 amide bonds. The van der Waals surface area contributed by atoms with Gasteiger partial charge in [-0.3, -0.25) is 14.4 Å². The van der Waals surface area contributed by atoms with Gasteiger partial charge in [0.15, 0.2) is 17.3 Å². The van der Waals surface area contributed by atoms with Crippen molar-refractivity contribution in [2.45, 2.75) is 6.42 Å². The number of amides is 2. The second-order valence-electron chi connectivity index (χ2n) is 7.83. The van der Waals surface area contributed by atoms with Gasteiger partial charge in [0.25, 0.3) is 11.8 Å². The van der Waals surface area contributed by atoms with Crippen LogP contribution >= 0.6 is 11.6 Å². The Balaban J connectivity index is 1.49. The SMILES string of the molecule is COc1ccc(C(=O)/C=C2\N=c3ccc(C(=O)NCCc4ccc(Cl)cc4)cc3=NC2=O)cc1OC. The molecular formula is C27H22ClN3O5. The fraction of sp³-hybridized carbons (Fsp3) is 0.148. The molecule has 0 fully saturated rings. The largest absolute Gasteiger partial charge is 0.493 e. The fourth-order valence-electron chi connectivity index (χ4n) is 3.56. The van der Waals surface area contributed by atoms with Crippen molar-refractivity contribution in [1.82, 2.24) is 5.32 Å². The molecule has 1 aliphatic rings. The van der Waals surface area contributed by atoms with E-state index in [1.807, 2.05) is 12.1 Å². The molecule has 1 N–H and O–H groups in total. The minimum absolute atomic E-state index is 0.0950. The molecule has 0 bridgehead atoms. The van der Waals surface area contributed by atoms with E-state index in [0.717, 1.165) is 11.6 Å². The van der Waals surface area contributed by atoms with Crippen LogP contribution in [0.15, 0.2) is 82.4 Å². The maximum Gasteiger partial charge on any atom is 0.296 e. The summed E-state index contributed by atoms with van der Waals surface area (Å²) in [6.45, 7) is 0.434. The lowest BCUT2D eigenvalue weighted by molar-refractivity contribution is -0.114. The van der Waals surface area contributed by atoms with Crippen LogP contribution in [0.4, 0.5) is 0 Å². The average molecular weight is 504 g/mol. The summed E-state index contributed by atoms with van der Waals surface area (Å²) in [6.07, 6.45) is 1.78. The van der Waals surface area contributed by atoms with Crippen LogP contribution < -0.4 is 25.5 Å². The number of fused-ring (bicyclic) bond motifs is 1. The molecule has 1 aliphatic heterocycles. The van der Waals surface area contributed by atoms with Gasteiger partial charge in [0.1, 0.15) is 5.70 Å². The van der Waals surface area contributed by atoms with E-state index in [1.54, 1.807) is 36.4 Å². The summed E-state index contributed by atoms with van der Waals surface area (Å²) in [5.41, 5.74) is 1.61. The van der Waals surface area contributed by atoms with Crippen LogP contribution in [-0.2, 0) is 11.2 Å². The highest BCUT2D eigenvalue weighted by molar-refractivity contribution is 6.30. The van der Waals surface area contributed by atoms with Gasteiger partial charge in [-0.05, 0) is 60.5 Å². The van der Waals surface area contributed by atoms with Gasteiger partial charge < -0.3 is 14.8 Å². The summed E-state index contributed by atoms with van der Waals surface area (Å²) in [5, 5.41) is 4.16. The van der Waals surface area contributed by atoms with Crippen molar-refractivity contribution < 1.29 is 23.9 Å². The number of nitrogens with zero attached hydrogens (tertiary/aromatic N) is 2. The highest BCUT2D eigenvalue weighted by Gasteiger charge is 2.17. The predicted molar refractivity (Wildman–Crippen MR) is 133 cm³/mol. The van der Waals surface area contributed by atoms with Crippen molar-refractivity contribution in [3.05, 3.63) is 105 Å². The molecule has 0 saturated heterocycles. The number of allylic oxidation sites excluding steroid dienone is 1. The maximum atomic E-state index is 12.7. The number of ether oxygens (including phenoxy) is 2. The second kappa shape index (κ2) is 11.0. The van der Waals surface area contributed by atoms with E-state index in [9.17, 15) is 14.4 Å². The molecule has 0 aromatic heterocycles. The molecule has 0 unspecified atom stereocenters. The average Bonchev–Trinajstić information content (AvgIpc) is 2.89. The van der Waals surface area contributed by atoms with Crippen molar-refractivity contribution in [3.8, 4) is 11.5 Å². The first-order chi connectivity index (χ1) is 17.4. The molecule has 0 aliphatic carbocycles. The minimum atomic E-state index is -0.670. The van der Waals surface area contributed by atoms with Crippen LogP contribution in [0.1, 0.15) is 26.3 Å². The molecule has 1 heterocycles. The van der Waals surface area contributed by atoms with Crippen molar-refractivity contribution in [2.75, 3.05) is 20.8 Å². The van der Waals surface area contributed by atoms with Crippen molar-refractivity contribution >= 4 is 29.2 Å². The minimum Gasteiger partial charge on any atom is -0.493 e. The number of hydrogen-bond acceptors (Lipinski definition) is 6. The van der Waals surface area contributed by atoms with E-state index >= 15 is 0 Å². The number of hydrogen-bond donors (Lipinski definition) is 1. The van der Waals surface area contributed by atoms with Crippen LogP contribution in [0, 0.1) is 0 Å². The Morgan fingerprint density at radius 3 is 2.33 bits per heavy atom.